The molecule has 0 radical (unpaired) electrons. The minimum atomic E-state index is -0.147. The van der Waals surface area contributed by atoms with Gasteiger partial charge in [0.05, 0.1) is 11.4 Å². The van der Waals surface area contributed by atoms with E-state index in [1.807, 2.05) is 18.2 Å². The molecule has 1 aromatic carbocycles. The van der Waals surface area contributed by atoms with E-state index in [4.69, 9.17) is 0 Å². The van der Waals surface area contributed by atoms with Gasteiger partial charge in [-0.15, -0.1) is 0 Å². The van der Waals surface area contributed by atoms with Crippen LogP contribution in [-0.4, -0.2) is 23.6 Å². The molecule has 1 fully saturated rings. The largest absolute Gasteiger partial charge is 0.325 e. The third-order valence-electron chi connectivity index (χ3n) is 2.61. The lowest BCUT2D eigenvalue weighted by Crippen LogP contribution is -2.26. The van der Waals surface area contributed by atoms with E-state index >= 15 is 0 Å². The summed E-state index contributed by atoms with van der Waals surface area (Å²) in [4.78, 5) is 24.6. The lowest BCUT2D eigenvalue weighted by atomic mass is 10.2. The number of rotatable bonds is 2. The zero-order valence-electron chi connectivity index (χ0n) is 9.51. The number of hydrogen-bond acceptors (Lipinski definition) is 3. The molecule has 1 aliphatic rings. The van der Waals surface area contributed by atoms with Crippen molar-refractivity contribution in [2.24, 2.45) is 0 Å². The molecule has 90 valence electrons. The number of hydrogen-bond donors (Lipinski definition) is 2. The lowest BCUT2D eigenvalue weighted by molar-refractivity contribution is -0.117. The molecule has 1 atom stereocenters. The van der Waals surface area contributed by atoms with E-state index < -0.39 is 0 Å². The van der Waals surface area contributed by atoms with Crippen molar-refractivity contribution in [2.75, 3.05) is 16.8 Å². The van der Waals surface area contributed by atoms with Crippen LogP contribution < -0.4 is 10.2 Å². The molecule has 0 aliphatic carbocycles. The predicted octanol–water partition coefficient (Wildman–Crippen LogP) is 1.68. The fourth-order valence-electron chi connectivity index (χ4n) is 1.93. The molecular weight excluding hydrogens is 236 g/mol. The van der Waals surface area contributed by atoms with E-state index in [9.17, 15) is 9.59 Å². The van der Waals surface area contributed by atoms with Crippen molar-refractivity contribution in [1.82, 2.24) is 0 Å². The van der Waals surface area contributed by atoms with Gasteiger partial charge in [0.15, 0.2) is 0 Å². The Kier molecular flexibility index (Phi) is 3.38. The number of thiol groups is 1. The molecule has 1 saturated heterocycles. The van der Waals surface area contributed by atoms with E-state index in [0.717, 1.165) is 5.69 Å². The molecule has 1 aliphatic heterocycles. The third-order valence-corrected chi connectivity index (χ3v) is 2.96. The van der Waals surface area contributed by atoms with Crippen molar-refractivity contribution in [3.63, 3.8) is 0 Å². The highest BCUT2D eigenvalue weighted by Crippen LogP contribution is 2.30. The van der Waals surface area contributed by atoms with Gasteiger partial charge < -0.3 is 10.2 Å². The molecular formula is C12H14N2O2S. The molecule has 1 heterocycles. The average molecular weight is 250 g/mol. The molecule has 0 bridgehead atoms. The maximum absolute atomic E-state index is 11.8. The van der Waals surface area contributed by atoms with E-state index in [1.54, 1.807) is 11.0 Å². The monoisotopic (exact) mass is 250 g/mol. The average Bonchev–Trinajstić information content (AvgIpc) is 2.58. The number of carbonyl (C=O) groups is 2. The molecule has 0 aromatic heterocycles. The Balaban J connectivity index is 2.31. The minimum absolute atomic E-state index is 0.0443. The molecule has 2 rings (SSSR count). The van der Waals surface area contributed by atoms with Gasteiger partial charge in [-0.1, -0.05) is 12.1 Å². The fourth-order valence-corrected chi connectivity index (χ4v) is 2.25. The summed E-state index contributed by atoms with van der Waals surface area (Å²) in [7, 11) is 0. The maximum Gasteiger partial charge on any atom is 0.228 e. The second kappa shape index (κ2) is 4.79. The summed E-state index contributed by atoms with van der Waals surface area (Å²) in [6.07, 6.45) is 0.442. The van der Waals surface area contributed by atoms with E-state index in [-0.39, 0.29) is 17.1 Å². The van der Waals surface area contributed by atoms with Crippen LogP contribution in [0.3, 0.4) is 0 Å². The smallest absolute Gasteiger partial charge is 0.228 e. The standard InChI is InChI=1S/C12H14N2O2S/c1-8(15)13-10-4-2-3-5-11(10)14-7-9(17)6-12(14)16/h2-5,9,17H,6-7H2,1H3,(H,13,15). The summed E-state index contributed by atoms with van der Waals surface area (Å²) >= 11 is 4.32. The zero-order valence-corrected chi connectivity index (χ0v) is 10.4. The van der Waals surface area contributed by atoms with Gasteiger partial charge in [-0.05, 0) is 12.1 Å². The topological polar surface area (TPSA) is 49.4 Å². The first-order chi connectivity index (χ1) is 8.08. The Bertz CT molecular complexity index is 462. The Labute approximate surface area is 105 Å². The van der Waals surface area contributed by atoms with Gasteiger partial charge in [0.1, 0.15) is 0 Å². The first kappa shape index (κ1) is 12.0. The fraction of sp³-hybridized carbons (Fsp3) is 0.333. The Morgan fingerprint density at radius 3 is 2.76 bits per heavy atom. The lowest BCUT2D eigenvalue weighted by Gasteiger charge is -2.19. The normalized spacial score (nSPS) is 19.5. The molecule has 4 nitrogen and oxygen atoms in total. The predicted molar refractivity (Wildman–Crippen MR) is 70.5 cm³/mol. The highest BCUT2D eigenvalue weighted by molar-refractivity contribution is 7.81. The van der Waals surface area contributed by atoms with Gasteiger partial charge in [0.2, 0.25) is 11.8 Å². The van der Waals surface area contributed by atoms with Gasteiger partial charge >= 0.3 is 0 Å². The van der Waals surface area contributed by atoms with Crippen LogP contribution in [0, 0.1) is 0 Å². The van der Waals surface area contributed by atoms with Gasteiger partial charge in [0, 0.05) is 25.1 Å². The number of carbonyl (C=O) groups excluding carboxylic acids is 2. The van der Waals surface area contributed by atoms with Crippen molar-refractivity contribution in [3.8, 4) is 0 Å². The molecule has 17 heavy (non-hydrogen) atoms. The van der Waals surface area contributed by atoms with Crippen molar-refractivity contribution in [1.29, 1.82) is 0 Å². The van der Waals surface area contributed by atoms with Gasteiger partial charge in [-0.3, -0.25) is 9.59 Å². The highest BCUT2D eigenvalue weighted by atomic mass is 32.1. The highest BCUT2D eigenvalue weighted by Gasteiger charge is 2.29. The first-order valence-electron chi connectivity index (χ1n) is 5.43. The molecule has 2 amide bonds. The SMILES string of the molecule is CC(=O)Nc1ccccc1N1CC(S)CC1=O. The van der Waals surface area contributed by atoms with Crippen molar-refractivity contribution in [2.45, 2.75) is 18.6 Å². The summed E-state index contributed by atoms with van der Waals surface area (Å²) in [5.41, 5.74) is 1.40. The number of amides is 2. The summed E-state index contributed by atoms with van der Waals surface area (Å²) in [5, 5.41) is 2.79. The zero-order chi connectivity index (χ0) is 12.4. The summed E-state index contributed by atoms with van der Waals surface area (Å²) in [5.74, 6) is -0.102. The van der Waals surface area contributed by atoms with Crippen LogP contribution in [0.25, 0.3) is 0 Å². The van der Waals surface area contributed by atoms with Crippen LogP contribution in [0.2, 0.25) is 0 Å². The van der Waals surface area contributed by atoms with Crippen LogP contribution in [0.1, 0.15) is 13.3 Å². The maximum atomic E-state index is 11.8. The molecule has 0 spiro atoms. The van der Waals surface area contributed by atoms with Crippen molar-refractivity contribution < 1.29 is 9.59 Å². The van der Waals surface area contributed by atoms with E-state index in [2.05, 4.69) is 17.9 Å². The molecule has 0 saturated carbocycles. The Morgan fingerprint density at radius 1 is 1.47 bits per heavy atom. The second-order valence-electron chi connectivity index (χ2n) is 4.06. The number of nitrogens with zero attached hydrogens (tertiary/aromatic N) is 1. The Hall–Kier alpha value is -1.49. The van der Waals surface area contributed by atoms with Crippen LogP contribution in [0.4, 0.5) is 11.4 Å². The molecule has 1 N–H and O–H groups in total. The summed E-state index contributed by atoms with van der Waals surface area (Å²) < 4.78 is 0. The number of para-hydroxylation sites is 2. The number of nitrogens with one attached hydrogen (secondary N) is 1. The number of anilines is 2. The molecule has 1 aromatic rings. The van der Waals surface area contributed by atoms with Gasteiger partial charge in [-0.25, -0.2) is 0 Å². The second-order valence-corrected chi connectivity index (χ2v) is 4.79. The van der Waals surface area contributed by atoms with Crippen LogP contribution in [0.15, 0.2) is 24.3 Å². The summed E-state index contributed by atoms with van der Waals surface area (Å²) in [6.45, 7) is 2.03. The molecule has 5 heteroatoms. The van der Waals surface area contributed by atoms with Gasteiger partial charge in [-0.2, -0.15) is 12.6 Å². The van der Waals surface area contributed by atoms with Crippen LogP contribution in [0.5, 0.6) is 0 Å². The third kappa shape index (κ3) is 2.61. The minimum Gasteiger partial charge on any atom is -0.325 e. The molecule has 1 unspecified atom stereocenters. The van der Waals surface area contributed by atoms with E-state index in [0.29, 0.717) is 18.7 Å². The Morgan fingerprint density at radius 2 is 2.18 bits per heavy atom. The van der Waals surface area contributed by atoms with Gasteiger partial charge in [0.25, 0.3) is 0 Å². The number of benzene rings is 1. The van der Waals surface area contributed by atoms with Crippen molar-refractivity contribution in [3.05, 3.63) is 24.3 Å². The van der Waals surface area contributed by atoms with Crippen LogP contribution in [-0.2, 0) is 9.59 Å². The quantitative estimate of drug-likeness (QED) is 0.785. The van der Waals surface area contributed by atoms with E-state index in [1.165, 1.54) is 6.92 Å². The van der Waals surface area contributed by atoms with Crippen molar-refractivity contribution >= 4 is 35.8 Å². The first-order valence-corrected chi connectivity index (χ1v) is 5.94. The van der Waals surface area contributed by atoms with Crippen LogP contribution >= 0.6 is 12.6 Å². The summed E-state index contributed by atoms with van der Waals surface area (Å²) in [6, 6.07) is 7.29.